The molecule has 1 N–H and O–H groups in total. The second-order valence-electron chi connectivity index (χ2n) is 8.35. The molecule has 2 aromatic rings. The number of amides is 1. The summed E-state index contributed by atoms with van der Waals surface area (Å²) in [7, 11) is 0. The zero-order valence-corrected chi connectivity index (χ0v) is 16.7. The smallest absolute Gasteiger partial charge is 0.338 e. The molecule has 5 atom stereocenters. The molecule has 1 aliphatic heterocycles. The molecule has 3 aliphatic rings. The molecule has 31 heavy (non-hydrogen) atoms. The van der Waals surface area contributed by atoms with E-state index >= 15 is 0 Å². The van der Waals surface area contributed by atoms with Gasteiger partial charge in [0.15, 0.2) is 12.4 Å². The molecular formula is C24H21NO6. The standard InChI is InChI=1S/C24H21NO6/c26-18(13-4-2-1-3-5-13)12-30-23(28)14-6-8-16(9-7-14)25-22(27)20-15-10-17-19(11-15)31-24(29)21(17)20/h1-9,15,17,19-21H,10-12H2,(H,25,27)/t15-,17+,19-,20-,21-/m1/s1. The van der Waals surface area contributed by atoms with Crippen molar-refractivity contribution in [3.8, 4) is 0 Å². The molecule has 2 aliphatic carbocycles. The fourth-order valence-electron chi connectivity index (χ4n) is 5.20. The highest BCUT2D eigenvalue weighted by Gasteiger charge is 2.63. The number of Topliss-reactive ketones (excluding diaryl/α,β-unsaturated/α-hetero) is 1. The third-order valence-electron chi connectivity index (χ3n) is 6.60. The van der Waals surface area contributed by atoms with E-state index in [4.69, 9.17) is 9.47 Å². The van der Waals surface area contributed by atoms with Crippen molar-refractivity contribution in [1.29, 1.82) is 0 Å². The van der Waals surface area contributed by atoms with Crippen LogP contribution >= 0.6 is 0 Å². The Morgan fingerprint density at radius 1 is 0.968 bits per heavy atom. The van der Waals surface area contributed by atoms with E-state index in [2.05, 4.69) is 5.32 Å². The number of carbonyl (C=O) groups excluding carboxylic acids is 4. The largest absolute Gasteiger partial charge is 0.462 e. The molecule has 1 heterocycles. The van der Waals surface area contributed by atoms with Crippen LogP contribution < -0.4 is 5.32 Å². The van der Waals surface area contributed by atoms with Crippen LogP contribution in [-0.2, 0) is 19.1 Å². The normalized spacial score (nSPS) is 27.6. The van der Waals surface area contributed by atoms with Gasteiger partial charge in [0.1, 0.15) is 6.10 Å². The van der Waals surface area contributed by atoms with Crippen molar-refractivity contribution in [2.24, 2.45) is 23.7 Å². The molecule has 0 radical (unpaired) electrons. The van der Waals surface area contributed by atoms with Gasteiger partial charge in [0, 0.05) is 17.2 Å². The zero-order chi connectivity index (χ0) is 21.5. The highest BCUT2D eigenvalue weighted by Crippen LogP contribution is 2.57. The topological polar surface area (TPSA) is 98.8 Å². The maximum absolute atomic E-state index is 12.8. The van der Waals surface area contributed by atoms with Crippen molar-refractivity contribution >= 4 is 29.3 Å². The minimum absolute atomic E-state index is 0.00869. The lowest BCUT2D eigenvalue weighted by molar-refractivity contribution is -0.145. The molecule has 158 valence electrons. The number of rotatable bonds is 6. The first-order chi connectivity index (χ1) is 15.0. The number of nitrogens with one attached hydrogen (secondary N) is 1. The van der Waals surface area contributed by atoms with Crippen LogP contribution in [0.5, 0.6) is 0 Å². The van der Waals surface area contributed by atoms with Gasteiger partial charge in [-0.1, -0.05) is 30.3 Å². The van der Waals surface area contributed by atoms with Crippen molar-refractivity contribution in [2.45, 2.75) is 18.9 Å². The van der Waals surface area contributed by atoms with Crippen molar-refractivity contribution in [2.75, 3.05) is 11.9 Å². The predicted octanol–water partition coefficient (Wildman–Crippen LogP) is 2.86. The lowest BCUT2D eigenvalue weighted by Crippen LogP contribution is -2.35. The van der Waals surface area contributed by atoms with Gasteiger partial charge in [-0.15, -0.1) is 0 Å². The first-order valence-corrected chi connectivity index (χ1v) is 10.4. The van der Waals surface area contributed by atoms with Gasteiger partial charge in [0.25, 0.3) is 0 Å². The summed E-state index contributed by atoms with van der Waals surface area (Å²) in [6.07, 6.45) is 1.62. The Balaban J connectivity index is 1.18. The van der Waals surface area contributed by atoms with Gasteiger partial charge < -0.3 is 14.8 Å². The average Bonchev–Trinajstić information content (AvgIpc) is 3.41. The fourth-order valence-corrected chi connectivity index (χ4v) is 5.20. The number of ketones is 1. The average molecular weight is 419 g/mol. The lowest BCUT2D eigenvalue weighted by Gasteiger charge is -2.23. The van der Waals surface area contributed by atoms with E-state index in [0.717, 1.165) is 12.8 Å². The summed E-state index contributed by atoms with van der Waals surface area (Å²) < 4.78 is 10.5. The van der Waals surface area contributed by atoms with E-state index in [-0.39, 0.29) is 59.6 Å². The van der Waals surface area contributed by atoms with Gasteiger partial charge in [-0.2, -0.15) is 0 Å². The van der Waals surface area contributed by atoms with E-state index in [1.54, 1.807) is 42.5 Å². The maximum Gasteiger partial charge on any atom is 0.338 e. The second kappa shape index (κ2) is 7.65. The molecule has 7 nitrogen and oxygen atoms in total. The summed E-state index contributed by atoms with van der Waals surface area (Å²) in [5.74, 6) is -1.67. The van der Waals surface area contributed by atoms with Crippen LogP contribution in [0.1, 0.15) is 33.6 Å². The van der Waals surface area contributed by atoms with E-state index in [9.17, 15) is 19.2 Å². The first-order valence-electron chi connectivity index (χ1n) is 10.4. The van der Waals surface area contributed by atoms with Gasteiger partial charge in [-0.25, -0.2) is 4.79 Å². The predicted molar refractivity (Wildman–Crippen MR) is 109 cm³/mol. The Hall–Kier alpha value is -3.48. The molecule has 3 fully saturated rings. The summed E-state index contributed by atoms with van der Waals surface area (Å²) in [4.78, 5) is 49.2. The molecule has 1 saturated heterocycles. The molecule has 0 aromatic heterocycles. The van der Waals surface area contributed by atoms with Crippen LogP contribution in [0.25, 0.3) is 0 Å². The van der Waals surface area contributed by atoms with E-state index in [0.29, 0.717) is 11.3 Å². The minimum Gasteiger partial charge on any atom is -0.462 e. The third-order valence-corrected chi connectivity index (χ3v) is 6.60. The molecule has 5 rings (SSSR count). The minimum atomic E-state index is -0.616. The highest BCUT2D eigenvalue weighted by atomic mass is 16.6. The van der Waals surface area contributed by atoms with Gasteiger partial charge in [0.2, 0.25) is 5.91 Å². The number of hydrogen-bond acceptors (Lipinski definition) is 6. The summed E-state index contributed by atoms with van der Waals surface area (Å²) in [6, 6.07) is 14.9. The lowest BCUT2D eigenvalue weighted by atomic mass is 9.79. The Kier molecular flexibility index (Phi) is 4.81. The molecule has 1 amide bonds. The first kappa shape index (κ1) is 19.5. The van der Waals surface area contributed by atoms with Crippen LogP contribution in [0.4, 0.5) is 5.69 Å². The van der Waals surface area contributed by atoms with E-state index in [1.807, 2.05) is 0 Å². The number of carbonyl (C=O) groups is 4. The monoisotopic (exact) mass is 419 g/mol. The van der Waals surface area contributed by atoms with Crippen LogP contribution in [-0.4, -0.2) is 36.3 Å². The SMILES string of the molecule is O=C(COC(=O)c1ccc(NC(=O)[C@@H]2[C@@H]3C[C@@H]4[C@H]2C(=O)O[C@@H]4C3)cc1)c1ccccc1. The number of esters is 2. The molecule has 2 saturated carbocycles. The molecule has 2 bridgehead atoms. The Morgan fingerprint density at radius 2 is 1.71 bits per heavy atom. The zero-order valence-electron chi connectivity index (χ0n) is 16.7. The van der Waals surface area contributed by atoms with Crippen molar-refractivity contribution in [3.05, 3.63) is 65.7 Å². The molecule has 2 aromatic carbocycles. The number of benzene rings is 2. The summed E-state index contributed by atoms with van der Waals surface area (Å²) >= 11 is 0. The van der Waals surface area contributed by atoms with Gasteiger partial charge in [-0.3, -0.25) is 14.4 Å². The Bertz CT molecular complexity index is 1050. The molecule has 7 heteroatoms. The Labute approximate surface area is 178 Å². The van der Waals surface area contributed by atoms with Crippen molar-refractivity contribution < 1.29 is 28.7 Å². The van der Waals surface area contributed by atoms with Gasteiger partial charge in [0.05, 0.1) is 17.4 Å². The van der Waals surface area contributed by atoms with Crippen LogP contribution in [0, 0.1) is 23.7 Å². The number of ether oxygens (including phenoxy) is 2. The summed E-state index contributed by atoms with van der Waals surface area (Å²) in [5, 5.41) is 2.86. The molecule has 0 unspecified atom stereocenters. The molecular weight excluding hydrogens is 398 g/mol. The Morgan fingerprint density at radius 3 is 2.45 bits per heavy atom. The third kappa shape index (κ3) is 3.50. The van der Waals surface area contributed by atoms with Crippen molar-refractivity contribution in [1.82, 2.24) is 0 Å². The van der Waals surface area contributed by atoms with Gasteiger partial charge in [-0.05, 0) is 43.0 Å². The van der Waals surface area contributed by atoms with E-state index in [1.165, 1.54) is 12.1 Å². The summed E-state index contributed by atoms with van der Waals surface area (Å²) in [6.45, 7) is -0.343. The maximum atomic E-state index is 12.8. The van der Waals surface area contributed by atoms with Crippen LogP contribution in [0.2, 0.25) is 0 Å². The quantitative estimate of drug-likeness (QED) is 0.571. The fraction of sp³-hybridized carbons (Fsp3) is 0.333. The molecule has 0 spiro atoms. The van der Waals surface area contributed by atoms with Crippen LogP contribution in [0.3, 0.4) is 0 Å². The number of hydrogen-bond donors (Lipinski definition) is 1. The van der Waals surface area contributed by atoms with Crippen molar-refractivity contribution in [3.63, 3.8) is 0 Å². The number of anilines is 1. The summed E-state index contributed by atoms with van der Waals surface area (Å²) in [5.41, 5.74) is 1.29. The van der Waals surface area contributed by atoms with E-state index < -0.39 is 5.97 Å². The number of fused-ring (bicyclic) bond motifs is 1. The second-order valence-corrected chi connectivity index (χ2v) is 8.35. The van der Waals surface area contributed by atoms with Gasteiger partial charge >= 0.3 is 11.9 Å². The van der Waals surface area contributed by atoms with Crippen LogP contribution in [0.15, 0.2) is 54.6 Å². The highest BCUT2D eigenvalue weighted by molar-refractivity contribution is 6.00.